The minimum atomic E-state index is -1.17. The molecule has 0 saturated carbocycles. The van der Waals surface area contributed by atoms with Gasteiger partial charge >= 0.3 is 0 Å². The van der Waals surface area contributed by atoms with Crippen LogP contribution in [0.3, 0.4) is 0 Å². The molecule has 1 atom stereocenters. The maximum atomic E-state index is 11.9. The van der Waals surface area contributed by atoms with Crippen molar-refractivity contribution < 1.29 is 4.21 Å². The Balaban J connectivity index is 1.69. The van der Waals surface area contributed by atoms with Crippen LogP contribution in [0.2, 0.25) is 0 Å². The lowest BCUT2D eigenvalue weighted by molar-refractivity contribution is 0.551. The molecular formula is C27H31NOS. The van der Waals surface area contributed by atoms with E-state index in [9.17, 15) is 4.21 Å². The van der Waals surface area contributed by atoms with E-state index in [0.29, 0.717) is 0 Å². The van der Waals surface area contributed by atoms with Gasteiger partial charge in [-0.3, -0.25) is 0 Å². The zero-order valence-corrected chi connectivity index (χ0v) is 19.1. The van der Waals surface area contributed by atoms with Crippen molar-refractivity contribution in [2.24, 2.45) is 4.40 Å². The van der Waals surface area contributed by atoms with Crippen molar-refractivity contribution in [2.45, 2.75) is 63.0 Å². The molecule has 1 aliphatic carbocycles. The summed E-state index contributed by atoms with van der Waals surface area (Å²) in [6.07, 6.45) is 8.02. The van der Waals surface area contributed by atoms with E-state index in [2.05, 4.69) is 71.3 Å². The molecule has 2 nitrogen and oxygen atoms in total. The third-order valence-corrected chi connectivity index (χ3v) is 6.90. The van der Waals surface area contributed by atoms with Crippen LogP contribution in [0, 0.1) is 11.8 Å². The highest BCUT2D eigenvalue weighted by atomic mass is 32.2. The lowest BCUT2D eigenvalue weighted by atomic mass is 9.73. The molecule has 0 aliphatic heterocycles. The van der Waals surface area contributed by atoms with Crippen LogP contribution in [-0.4, -0.2) is 15.2 Å². The molecule has 156 valence electrons. The molecule has 0 aromatic heterocycles. The van der Waals surface area contributed by atoms with Crippen molar-refractivity contribution in [3.05, 3.63) is 72.3 Å². The van der Waals surface area contributed by atoms with Gasteiger partial charge in [0.1, 0.15) is 11.0 Å². The Bertz CT molecular complexity index is 971. The second-order valence-electron chi connectivity index (χ2n) is 8.74. The molecule has 1 aliphatic rings. The first-order chi connectivity index (χ1) is 14.4. The summed E-state index contributed by atoms with van der Waals surface area (Å²) in [6.45, 7) is 9.84. The lowest BCUT2D eigenvalue weighted by Crippen LogP contribution is -2.24. The largest absolute Gasteiger partial charge is 0.234 e. The van der Waals surface area contributed by atoms with Gasteiger partial charge in [0.05, 0.1) is 4.75 Å². The number of rotatable bonds is 7. The second-order valence-corrected chi connectivity index (χ2v) is 10.7. The van der Waals surface area contributed by atoms with Gasteiger partial charge in [-0.05, 0) is 62.3 Å². The van der Waals surface area contributed by atoms with Crippen molar-refractivity contribution in [1.29, 1.82) is 0 Å². The fourth-order valence-corrected chi connectivity index (χ4v) is 4.56. The highest BCUT2D eigenvalue weighted by Gasteiger charge is 2.41. The summed E-state index contributed by atoms with van der Waals surface area (Å²) in [5.74, 6) is 6.81. The van der Waals surface area contributed by atoms with Crippen LogP contribution in [-0.2, 0) is 16.4 Å². The van der Waals surface area contributed by atoms with E-state index in [4.69, 9.17) is 0 Å². The Morgan fingerprint density at radius 1 is 1.03 bits per heavy atom. The maximum Gasteiger partial charge on any atom is 0.144 e. The van der Waals surface area contributed by atoms with Gasteiger partial charge in [-0.25, -0.2) is 4.21 Å². The smallest absolute Gasteiger partial charge is 0.144 e. The van der Waals surface area contributed by atoms with Crippen LogP contribution in [0.4, 0.5) is 0 Å². The van der Waals surface area contributed by atoms with Gasteiger partial charge < -0.3 is 0 Å². The number of unbranched alkanes of at least 4 members (excludes halogenated alkanes) is 2. The van der Waals surface area contributed by atoms with Crippen LogP contribution in [0.15, 0.2) is 65.6 Å². The Hall–Kier alpha value is -2.44. The SMILES string of the molecule is C=CCC1(CC#CCCC/C=N/S(=O)C(C)(C)C)c2ccccc2-c2ccccc21. The minimum Gasteiger partial charge on any atom is -0.234 e. The summed E-state index contributed by atoms with van der Waals surface area (Å²) in [5.41, 5.74) is 5.24. The first-order valence-corrected chi connectivity index (χ1v) is 11.7. The average molecular weight is 418 g/mol. The van der Waals surface area contributed by atoms with Crippen LogP contribution in [0.25, 0.3) is 11.1 Å². The molecular weight excluding hydrogens is 386 g/mol. The van der Waals surface area contributed by atoms with Gasteiger partial charge in [0, 0.05) is 24.5 Å². The van der Waals surface area contributed by atoms with E-state index < -0.39 is 11.0 Å². The molecule has 3 rings (SSSR count). The van der Waals surface area contributed by atoms with E-state index in [1.54, 1.807) is 6.21 Å². The molecule has 0 bridgehead atoms. The van der Waals surface area contributed by atoms with E-state index in [-0.39, 0.29) is 10.2 Å². The molecule has 0 amide bonds. The molecule has 30 heavy (non-hydrogen) atoms. The van der Waals surface area contributed by atoms with E-state index in [1.807, 2.05) is 26.8 Å². The monoisotopic (exact) mass is 417 g/mol. The highest BCUT2D eigenvalue weighted by molar-refractivity contribution is 7.85. The topological polar surface area (TPSA) is 29.4 Å². The number of nitrogens with zero attached hydrogens (tertiary/aromatic N) is 1. The van der Waals surface area contributed by atoms with Gasteiger partial charge in [-0.1, -0.05) is 54.6 Å². The summed E-state index contributed by atoms with van der Waals surface area (Å²) in [5, 5.41) is 0. The predicted octanol–water partition coefficient (Wildman–Crippen LogP) is 6.63. The summed E-state index contributed by atoms with van der Waals surface area (Å²) < 4.78 is 15.8. The van der Waals surface area contributed by atoms with Crippen LogP contribution in [0.5, 0.6) is 0 Å². The zero-order chi connectivity index (χ0) is 21.6. The quantitative estimate of drug-likeness (QED) is 0.215. The molecule has 0 saturated heterocycles. The van der Waals surface area contributed by atoms with Crippen molar-refractivity contribution in [3.8, 4) is 23.0 Å². The molecule has 0 fully saturated rings. The number of fused-ring (bicyclic) bond motifs is 3. The molecule has 1 unspecified atom stereocenters. The van der Waals surface area contributed by atoms with Crippen molar-refractivity contribution in [2.75, 3.05) is 0 Å². The fourth-order valence-electron chi connectivity index (χ4n) is 4.01. The van der Waals surface area contributed by atoms with Crippen molar-refractivity contribution >= 4 is 17.2 Å². The maximum absolute atomic E-state index is 11.9. The zero-order valence-electron chi connectivity index (χ0n) is 18.3. The van der Waals surface area contributed by atoms with Gasteiger partial charge in [0.25, 0.3) is 0 Å². The van der Waals surface area contributed by atoms with Crippen LogP contribution in [0.1, 0.15) is 64.0 Å². The summed E-state index contributed by atoms with van der Waals surface area (Å²) >= 11 is 0. The molecule has 2 aromatic carbocycles. The lowest BCUT2D eigenvalue weighted by Gasteiger charge is -2.29. The van der Waals surface area contributed by atoms with Crippen LogP contribution >= 0.6 is 0 Å². The van der Waals surface area contributed by atoms with Gasteiger partial charge in [-0.15, -0.1) is 18.4 Å². The average Bonchev–Trinajstić information content (AvgIpc) is 3.00. The Kier molecular flexibility index (Phi) is 7.10. The molecule has 2 aromatic rings. The third kappa shape index (κ3) is 4.65. The first kappa shape index (κ1) is 22.2. The first-order valence-electron chi connectivity index (χ1n) is 10.6. The summed E-state index contributed by atoms with van der Waals surface area (Å²) in [7, 11) is -1.17. The van der Waals surface area contributed by atoms with Crippen molar-refractivity contribution in [1.82, 2.24) is 0 Å². The van der Waals surface area contributed by atoms with Gasteiger partial charge in [-0.2, -0.15) is 4.40 Å². The van der Waals surface area contributed by atoms with Gasteiger partial charge in [0.2, 0.25) is 0 Å². The molecule has 0 spiro atoms. The molecule has 0 radical (unpaired) electrons. The van der Waals surface area contributed by atoms with E-state index in [1.165, 1.54) is 22.3 Å². The number of allylic oxidation sites excluding steroid dienone is 1. The molecule has 3 heteroatoms. The standard InChI is InChI=1S/C27H31NOS/c1-5-19-27(20-13-7-6-8-14-21-28-30(29)26(2,3)4)24-17-11-9-15-22(24)23-16-10-12-18-25(23)27/h5,9-12,15-18,21H,1,6,8,14,19-20H2,2-4H3/b28-21+. The van der Waals surface area contributed by atoms with Crippen molar-refractivity contribution in [3.63, 3.8) is 0 Å². The summed E-state index contributed by atoms with van der Waals surface area (Å²) in [4.78, 5) is 0. The molecule has 0 N–H and O–H groups in total. The molecule has 0 heterocycles. The number of hydrogen-bond acceptors (Lipinski definition) is 1. The highest BCUT2D eigenvalue weighted by Crippen LogP contribution is 2.52. The second kappa shape index (κ2) is 9.58. The summed E-state index contributed by atoms with van der Waals surface area (Å²) in [6, 6.07) is 17.4. The third-order valence-electron chi connectivity index (χ3n) is 5.51. The Morgan fingerprint density at radius 3 is 2.20 bits per heavy atom. The van der Waals surface area contributed by atoms with E-state index >= 15 is 0 Å². The Morgan fingerprint density at radius 2 is 1.63 bits per heavy atom. The van der Waals surface area contributed by atoms with E-state index in [0.717, 1.165) is 32.1 Å². The predicted molar refractivity (Wildman–Crippen MR) is 130 cm³/mol. The number of benzene rings is 2. The minimum absolute atomic E-state index is 0.118. The van der Waals surface area contributed by atoms with Gasteiger partial charge in [0.15, 0.2) is 0 Å². The number of hydrogen-bond donors (Lipinski definition) is 0. The Labute approximate surface area is 184 Å². The fraction of sp³-hybridized carbons (Fsp3) is 0.370. The normalized spacial score (nSPS) is 15.2. The van der Waals surface area contributed by atoms with Crippen LogP contribution < -0.4 is 0 Å².